The van der Waals surface area contributed by atoms with Gasteiger partial charge in [0, 0.05) is 24.5 Å². The van der Waals surface area contributed by atoms with Crippen molar-refractivity contribution < 1.29 is 19.1 Å². The average molecular weight is 416 g/mol. The zero-order valence-corrected chi connectivity index (χ0v) is 17.2. The van der Waals surface area contributed by atoms with Gasteiger partial charge < -0.3 is 20.3 Å². The molecule has 8 heteroatoms. The van der Waals surface area contributed by atoms with Crippen LogP contribution in [0.2, 0.25) is 0 Å². The van der Waals surface area contributed by atoms with Gasteiger partial charge in [-0.15, -0.1) is 11.3 Å². The van der Waals surface area contributed by atoms with E-state index in [-0.39, 0.29) is 12.5 Å². The van der Waals surface area contributed by atoms with Gasteiger partial charge in [0.2, 0.25) is 0 Å². The number of piperidine rings is 1. The number of carbonyl (C=O) groups excluding carboxylic acids is 3. The highest BCUT2D eigenvalue weighted by molar-refractivity contribution is 7.12. The summed E-state index contributed by atoms with van der Waals surface area (Å²) in [7, 11) is 0. The number of hydrogen-bond acceptors (Lipinski definition) is 6. The third kappa shape index (κ3) is 6.05. The highest BCUT2D eigenvalue weighted by Crippen LogP contribution is 2.22. The van der Waals surface area contributed by atoms with Crippen LogP contribution in [0.5, 0.6) is 0 Å². The smallest absolute Gasteiger partial charge is 0.326 e. The van der Waals surface area contributed by atoms with Crippen molar-refractivity contribution in [1.29, 1.82) is 0 Å². The molecule has 0 aliphatic carbocycles. The van der Waals surface area contributed by atoms with Crippen molar-refractivity contribution in [2.45, 2.75) is 32.3 Å². The van der Waals surface area contributed by atoms with E-state index in [0.29, 0.717) is 10.6 Å². The van der Waals surface area contributed by atoms with Gasteiger partial charge in [-0.3, -0.25) is 14.4 Å². The Labute approximate surface area is 174 Å². The van der Waals surface area contributed by atoms with Crippen molar-refractivity contribution >= 4 is 40.5 Å². The Morgan fingerprint density at radius 1 is 1.10 bits per heavy atom. The van der Waals surface area contributed by atoms with Crippen LogP contribution in [0.4, 0.5) is 11.4 Å². The molecule has 1 aliphatic heterocycles. The molecule has 3 rings (SSSR count). The normalized spacial score (nSPS) is 14.7. The van der Waals surface area contributed by atoms with Crippen LogP contribution in [0, 0.1) is 0 Å². The third-order valence-corrected chi connectivity index (χ3v) is 5.54. The molecule has 0 bridgehead atoms. The quantitative estimate of drug-likeness (QED) is 0.679. The largest absolute Gasteiger partial charge is 0.451 e. The standard InChI is InChI=1S/C21H25N3O4S/c1-15(28-19(25)14-22-21(27)18-6-5-13-29-18)20(26)23-16-7-9-17(10-8-16)24-11-3-2-4-12-24/h5-10,13,15H,2-4,11-12,14H2,1H3,(H,22,27)(H,23,26)/t15-/m0/s1. The first-order valence-electron chi connectivity index (χ1n) is 9.70. The van der Waals surface area contributed by atoms with E-state index in [2.05, 4.69) is 15.5 Å². The maximum absolute atomic E-state index is 12.3. The molecule has 7 nitrogen and oxygen atoms in total. The van der Waals surface area contributed by atoms with Gasteiger partial charge in [0.25, 0.3) is 11.8 Å². The van der Waals surface area contributed by atoms with Gasteiger partial charge in [-0.2, -0.15) is 0 Å². The van der Waals surface area contributed by atoms with Crippen molar-refractivity contribution in [2.24, 2.45) is 0 Å². The van der Waals surface area contributed by atoms with E-state index in [9.17, 15) is 14.4 Å². The van der Waals surface area contributed by atoms with E-state index in [1.54, 1.807) is 17.5 Å². The molecule has 2 heterocycles. The Morgan fingerprint density at radius 2 is 1.83 bits per heavy atom. The van der Waals surface area contributed by atoms with Crippen molar-refractivity contribution in [2.75, 3.05) is 29.9 Å². The summed E-state index contributed by atoms with van der Waals surface area (Å²) in [6.45, 7) is 3.32. The topological polar surface area (TPSA) is 87.7 Å². The van der Waals surface area contributed by atoms with Gasteiger partial charge in [-0.05, 0) is 61.9 Å². The average Bonchev–Trinajstić information content (AvgIpc) is 3.28. The lowest BCUT2D eigenvalue weighted by molar-refractivity contribution is -0.152. The van der Waals surface area contributed by atoms with Gasteiger partial charge >= 0.3 is 5.97 Å². The number of nitrogens with one attached hydrogen (secondary N) is 2. The fourth-order valence-electron chi connectivity index (χ4n) is 3.09. The van der Waals surface area contributed by atoms with Gasteiger partial charge in [0.15, 0.2) is 6.10 Å². The first-order chi connectivity index (χ1) is 14.0. The number of anilines is 2. The molecule has 1 aliphatic rings. The molecule has 1 aromatic carbocycles. The van der Waals surface area contributed by atoms with Gasteiger partial charge in [-0.25, -0.2) is 0 Å². The molecule has 0 radical (unpaired) electrons. The SMILES string of the molecule is C[C@H](OC(=O)CNC(=O)c1cccs1)C(=O)Nc1ccc(N2CCCCC2)cc1. The molecular weight excluding hydrogens is 390 g/mol. The molecular formula is C21H25N3O4S. The summed E-state index contributed by atoms with van der Waals surface area (Å²) < 4.78 is 5.10. The molecule has 1 aromatic heterocycles. The number of esters is 1. The van der Waals surface area contributed by atoms with Crippen LogP contribution in [0.1, 0.15) is 35.9 Å². The predicted molar refractivity (Wildman–Crippen MR) is 113 cm³/mol. The number of rotatable bonds is 7. The number of hydrogen-bond donors (Lipinski definition) is 2. The molecule has 2 amide bonds. The van der Waals surface area contributed by atoms with E-state index in [4.69, 9.17) is 4.74 Å². The predicted octanol–water partition coefficient (Wildman–Crippen LogP) is 3.04. The van der Waals surface area contributed by atoms with Crippen molar-refractivity contribution in [3.8, 4) is 0 Å². The van der Waals surface area contributed by atoms with E-state index in [0.717, 1.165) is 18.8 Å². The molecule has 1 atom stereocenters. The first-order valence-corrected chi connectivity index (χ1v) is 10.6. The van der Waals surface area contributed by atoms with Crippen LogP contribution in [0.3, 0.4) is 0 Å². The summed E-state index contributed by atoms with van der Waals surface area (Å²) in [5, 5.41) is 7.00. The van der Waals surface area contributed by atoms with Crippen molar-refractivity contribution in [3.63, 3.8) is 0 Å². The minimum Gasteiger partial charge on any atom is -0.451 e. The van der Waals surface area contributed by atoms with Gasteiger partial charge in [-0.1, -0.05) is 6.07 Å². The molecule has 1 saturated heterocycles. The van der Waals surface area contributed by atoms with Crippen LogP contribution in [-0.4, -0.2) is 43.5 Å². The second-order valence-corrected chi connectivity index (χ2v) is 7.82. The summed E-state index contributed by atoms with van der Waals surface area (Å²) in [4.78, 5) is 38.8. The molecule has 0 unspecified atom stereocenters. The lowest BCUT2D eigenvalue weighted by atomic mass is 10.1. The second kappa shape index (κ2) is 10.1. The molecule has 0 spiro atoms. The molecule has 0 saturated carbocycles. The Bertz CT molecular complexity index is 830. The summed E-state index contributed by atoms with van der Waals surface area (Å²) in [5.41, 5.74) is 1.79. The number of benzene rings is 1. The fraction of sp³-hybridized carbons (Fsp3) is 0.381. The minimum atomic E-state index is -0.970. The zero-order valence-electron chi connectivity index (χ0n) is 16.3. The Balaban J connectivity index is 1.43. The van der Waals surface area contributed by atoms with E-state index in [1.165, 1.54) is 37.5 Å². The fourth-order valence-corrected chi connectivity index (χ4v) is 3.73. The molecule has 1 fully saturated rings. The van der Waals surface area contributed by atoms with Crippen molar-refractivity contribution in [1.82, 2.24) is 5.32 Å². The van der Waals surface area contributed by atoms with E-state index < -0.39 is 18.0 Å². The van der Waals surface area contributed by atoms with Crippen LogP contribution in [0.25, 0.3) is 0 Å². The van der Waals surface area contributed by atoms with Crippen LogP contribution in [0.15, 0.2) is 41.8 Å². The summed E-state index contributed by atoms with van der Waals surface area (Å²) in [6.07, 6.45) is 2.71. The summed E-state index contributed by atoms with van der Waals surface area (Å²) in [6, 6.07) is 11.1. The molecule has 29 heavy (non-hydrogen) atoms. The van der Waals surface area contributed by atoms with Crippen LogP contribution >= 0.6 is 11.3 Å². The molecule has 2 aromatic rings. The Kier molecular flexibility index (Phi) is 7.24. The number of carbonyl (C=O) groups is 3. The Hall–Kier alpha value is -2.87. The van der Waals surface area contributed by atoms with Crippen molar-refractivity contribution in [3.05, 3.63) is 46.7 Å². The first kappa shape index (κ1) is 20.9. The lowest BCUT2D eigenvalue weighted by Crippen LogP contribution is -2.35. The summed E-state index contributed by atoms with van der Waals surface area (Å²) in [5.74, 6) is -1.44. The second-order valence-electron chi connectivity index (χ2n) is 6.88. The third-order valence-electron chi connectivity index (χ3n) is 4.67. The van der Waals surface area contributed by atoms with Gasteiger partial charge in [0.05, 0.1) is 4.88 Å². The summed E-state index contributed by atoms with van der Waals surface area (Å²) >= 11 is 1.28. The Morgan fingerprint density at radius 3 is 2.48 bits per heavy atom. The van der Waals surface area contributed by atoms with Crippen LogP contribution in [-0.2, 0) is 14.3 Å². The number of thiophene rings is 1. The number of nitrogens with zero attached hydrogens (tertiary/aromatic N) is 1. The van der Waals surface area contributed by atoms with Gasteiger partial charge in [0.1, 0.15) is 6.54 Å². The molecule has 154 valence electrons. The monoisotopic (exact) mass is 415 g/mol. The number of amides is 2. The maximum atomic E-state index is 12.3. The minimum absolute atomic E-state index is 0.293. The highest BCUT2D eigenvalue weighted by Gasteiger charge is 2.19. The zero-order chi connectivity index (χ0) is 20.6. The lowest BCUT2D eigenvalue weighted by Gasteiger charge is -2.28. The maximum Gasteiger partial charge on any atom is 0.326 e. The van der Waals surface area contributed by atoms with E-state index >= 15 is 0 Å². The number of ether oxygens (including phenoxy) is 1. The molecule has 2 N–H and O–H groups in total. The van der Waals surface area contributed by atoms with Crippen LogP contribution < -0.4 is 15.5 Å². The highest BCUT2D eigenvalue weighted by atomic mass is 32.1. The van der Waals surface area contributed by atoms with E-state index in [1.807, 2.05) is 24.3 Å².